The van der Waals surface area contributed by atoms with Gasteiger partial charge in [0.25, 0.3) is 5.91 Å². The molecule has 0 spiro atoms. The third-order valence-electron chi connectivity index (χ3n) is 4.12. The number of hydrogen-bond donors (Lipinski definition) is 2. The maximum absolute atomic E-state index is 12.5. The van der Waals surface area contributed by atoms with Crippen molar-refractivity contribution in [2.75, 3.05) is 5.32 Å². The van der Waals surface area contributed by atoms with Crippen LogP contribution in [0.15, 0.2) is 71.5 Å². The molecule has 0 fully saturated rings. The van der Waals surface area contributed by atoms with Gasteiger partial charge in [-0.3, -0.25) is 4.79 Å². The fourth-order valence-corrected chi connectivity index (χ4v) is 3.12. The van der Waals surface area contributed by atoms with Crippen molar-refractivity contribution in [3.8, 4) is 5.75 Å². The van der Waals surface area contributed by atoms with Crippen LogP contribution in [-0.2, 0) is 6.54 Å². The number of carbonyl (C=O) groups is 1. The van der Waals surface area contributed by atoms with Crippen molar-refractivity contribution < 1.29 is 9.90 Å². The molecule has 1 amide bonds. The molecule has 0 atom stereocenters. The number of phenolic OH excluding ortho intramolecular Hbond substituents is 1. The fraction of sp³-hybridized carbons (Fsp3) is 0.0500. The lowest BCUT2D eigenvalue weighted by Crippen LogP contribution is -2.12. The first kappa shape index (κ1) is 17.2. The van der Waals surface area contributed by atoms with Gasteiger partial charge >= 0.3 is 0 Å². The van der Waals surface area contributed by atoms with Gasteiger partial charge in [-0.2, -0.15) is 5.10 Å². The Balaban J connectivity index is 1.57. The van der Waals surface area contributed by atoms with Crippen LogP contribution < -0.4 is 5.32 Å². The molecule has 2 N–H and O–H groups in total. The van der Waals surface area contributed by atoms with Gasteiger partial charge < -0.3 is 10.4 Å². The number of pyridine rings is 1. The van der Waals surface area contributed by atoms with E-state index in [1.807, 2.05) is 30.3 Å². The number of aromatic nitrogens is 3. The highest BCUT2D eigenvalue weighted by atomic mass is 79.9. The molecule has 134 valence electrons. The van der Waals surface area contributed by atoms with Crippen molar-refractivity contribution in [3.05, 3.63) is 82.6 Å². The summed E-state index contributed by atoms with van der Waals surface area (Å²) in [7, 11) is 0. The molecular formula is C20H15BrN4O2. The van der Waals surface area contributed by atoms with Crippen LogP contribution in [0.4, 0.5) is 5.69 Å². The SMILES string of the molecule is O=C(Nc1ccc(Br)cc1O)c1cnc2c(cnn2Cc2ccccc2)c1. The predicted octanol–water partition coefficient (Wildman–Crippen LogP) is 4.20. The van der Waals surface area contributed by atoms with Crippen molar-refractivity contribution >= 4 is 38.6 Å². The summed E-state index contributed by atoms with van der Waals surface area (Å²) in [5.41, 5.74) is 2.56. The molecule has 27 heavy (non-hydrogen) atoms. The van der Waals surface area contributed by atoms with E-state index in [-0.39, 0.29) is 11.7 Å². The van der Waals surface area contributed by atoms with Crippen LogP contribution in [0.3, 0.4) is 0 Å². The maximum Gasteiger partial charge on any atom is 0.257 e. The second-order valence-corrected chi connectivity index (χ2v) is 6.96. The minimum absolute atomic E-state index is 0.0116. The summed E-state index contributed by atoms with van der Waals surface area (Å²) in [6.07, 6.45) is 3.20. The van der Waals surface area contributed by atoms with Crippen molar-refractivity contribution in [1.82, 2.24) is 14.8 Å². The Kier molecular flexibility index (Phi) is 4.60. The fourth-order valence-electron chi connectivity index (χ4n) is 2.77. The number of aromatic hydroxyl groups is 1. The van der Waals surface area contributed by atoms with E-state index in [1.165, 1.54) is 12.3 Å². The van der Waals surface area contributed by atoms with E-state index >= 15 is 0 Å². The zero-order valence-corrected chi connectivity index (χ0v) is 15.7. The van der Waals surface area contributed by atoms with Gasteiger partial charge in [0.2, 0.25) is 0 Å². The molecule has 0 bridgehead atoms. The number of nitrogens with one attached hydrogen (secondary N) is 1. The number of carbonyl (C=O) groups excluding carboxylic acids is 1. The Labute approximate surface area is 163 Å². The largest absolute Gasteiger partial charge is 0.506 e. The van der Waals surface area contributed by atoms with Crippen molar-refractivity contribution in [3.63, 3.8) is 0 Å². The van der Waals surface area contributed by atoms with Gasteiger partial charge in [-0.15, -0.1) is 0 Å². The summed E-state index contributed by atoms with van der Waals surface area (Å²) in [5.74, 6) is -0.361. The maximum atomic E-state index is 12.5. The molecule has 0 saturated carbocycles. The van der Waals surface area contributed by atoms with E-state index in [2.05, 4.69) is 31.3 Å². The van der Waals surface area contributed by atoms with E-state index in [1.54, 1.807) is 29.1 Å². The van der Waals surface area contributed by atoms with Crippen molar-refractivity contribution in [2.24, 2.45) is 0 Å². The summed E-state index contributed by atoms with van der Waals surface area (Å²) >= 11 is 3.27. The first-order valence-corrected chi connectivity index (χ1v) is 9.05. The second-order valence-electron chi connectivity index (χ2n) is 6.04. The molecular weight excluding hydrogens is 408 g/mol. The van der Waals surface area contributed by atoms with E-state index in [9.17, 15) is 9.90 Å². The molecule has 7 heteroatoms. The minimum atomic E-state index is -0.349. The van der Waals surface area contributed by atoms with E-state index in [0.29, 0.717) is 23.4 Å². The number of anilines is 1. The Hall–Kier alpha value is -3.19. The minimum Gasteiger partial charge on any atom is -0.506 e. The summed E-state index contributed by atoms with van der Waals surface area (Å²) in [6, 6.07) is 16.6. The molecule has 2 heterocycles. The number of fused-ring (bicyclic) bond motifs is 1. The van der Waals surface area contributed by atoms with Crippen molar-refractivity contribution in [2.45, 2.75) is 6.54 Å². The number of halogens is 1. The average molecular weight is 423 g/mol. The van der Waals surface area contributed by atoms with Gasteiger partial charge in [-0.05, 0) is 29.8 Å². The molecule has 4 aromatic rings. The summed E-state index contributed by atoms with van der Waals surface area (Å²) in [4.78, 5) is 16.9. The summed E-state index contributed by atoms with van der Waals surface area (Å²) < 4.78 is 2.53. The third kappa shape index (κ3) is 3.68. The second kappa shape index (κ2) is 7.20. The number of amides is 1. The lowest BCUT2D eigenvalue weighted by atomic mass is 10.2. The normalized spacial score (nSPS) is 10.9. The molecule has 0 aliphatic rings. The predicted molar refractivity (Wildman–Crippen MR) is 107 cm³/mol. The topological polar surface area (TPSA) is 80.0 Å². The Morgan fingerprint density at radius 3 is 2.70 bits per heavy atom. The average Bonchev–Trinajstić information content (AvgIpc) is 3.07. The lowest BCUT2D eigenvalue weighted by Gasteiger charge is -2.08. The molecule has 0 aliphatic heterocycles. The van der Waals surface area contributed by atoms with Crippen molar-refractivity contribution in [1.29, 1.82) is 0 Å². The van der Waals surface area contributed by atoms with E-state index < -0.39 is 0 Å². The first-order valence-electron chi connectivity index (χ1n) is 8.25. The zero-order chi connectivity index (χ0) is 18.8. The Morgan fingerprint density at radius 1 is 1.11 bits per heavy atom. The molecule has 0 radical (unpaired) electrons. The summed E-state index contributed by atoms with van der Waals surface area (Å²) in [6.45, 7) is 0.607. The third-order valence-corrected chi connectivity index (χ3v) is 4.61. The van der Waals surface area contributed by atoms with Gasteiger partial charge in [0.15, 0.2) is 5.65 Å². The summed E-state index contributed by atoms with van der Waals surface area (Å²) in [5, 5.41) is 17.8. The van der Waals surface area contributed by atoms with Crippen LogP contribution in [0.2, 0.25) is 0 Å². The van der Waals surface area contributed by atoms with Crippen LogP contribution in [0.5, 0.6) is 5.75 Å². The van der Waals surface area contributed by atoms with Gasteiger partial charge in [0.1, 0.15) is 5.75 Å². The molecule has 2 aromatic heterocycles. The molecule has 2 aromatic carbocycles. The monoisotopic (exact) mass is 422 g/mol. The van der Waals surface area contributed by atoms with Crippen LogP contribution >= 0.6 is 15.9 Å². The first-order chi connectivity index (χ1) is 13.1. The smallest absolute Gasteiger partial charge is 0.257 e. The number of nitrogens with zero attached hydrogens (tertiary/aromatic N) is 3. The molecule has 0 saturated heterocycles. The lowest BCUT2D eigenvalue weighted by molar-refractivity contribution is 0.102. The molecule has 4 rings (SSSR count). The van der Waals surface area contributed by atoms with Crippen LogP contribution in [0.25, 0.3) is 11.0 Å². The standard InChI is InChI=1S/C20H15BrN4O2/c21-16-6-7-17(18(26)9-16)24-20(27)15-8-14-11-23-25(19(14)22-10-15)12-13-4-2-1-3-5-13/h1-11,26H,12H2,(H,24,27). The quantitative estimate of drug-likeness (QED) is 0.483. The Morgan fingerprint density at radius 2 is 1.93 bits per heavy atom. The highest BCUT2D eigenvalue weighted by molar-refractivity contribution is 9.10. The van der Waals surface area contributed by atoms with Gasteiger partial charge in [-0.1, -0.05) is 46.3 Å². The van der Waals surface area contributed by atoms with Crippen LogP contribution in [-0.4, -0.2) is 25.8 Å². The Bertz CT molecular complexity index is 1130. The highest BCUT2D eigenvalue weighted by Gasteiger charge is 2.12. The number of rotatable bonds is 4. The number of phenols is 1. The molecule has 6 nitrogen and oxygen atoms in total. The molecule has 0 unspecified atom stereocenters. The van der Waals surface area contributed by atoms with Gasteiger partial charge in [-0.25, -0.2) is 9.67 Å². The van der Waals surface area contributed by atoms with E-state index in [0.717, 1.165) is 15.4 Å². The number of hydrogen-bond acceptors (Lipinski definition) is 4. The molecule has 0 aliphatic carbocycles. The van der Waals surface area contributed by atoms with Crippen LogP contribution in [0, 0.1) is 0 Å². The van der Waals surface area contributed by atoms with Crippen LogP contribution in [0.1, 0.15) is 15.9 Å². The highest BCUT2D eigenvalue weighted by Crippen LogP contribution is 2.27. The number of benzene rings is 2. The van der Waals surface area contributed by atoms with Gasteiger partial charge in [0, 0.05) is 16.1 Å². The van der Waals surface area contributed by atoms with Gasteiger partial charge in [0.05, 0.1) is 24.0 Å². The van der Waals surface area contributed by atoms with E-state index in [4.69, 9.17) is 0 Å². The zero-order valence-electron chi connectivity index (χ0n) is 14.1.